The van der Waals surface area contributed by atoms with Crippen molar-refractivity contribution in [2.45, 2.75) is 39.3 Å². The molecular formula is C30H32I2O9Si. The molecule has 1 atom stereocenters. The number of aromatic carboxylic acids is 1. The molecule has 0 saturated heterocycles. The van der Waals surface area contributed by atoms with Gasteiger partial charge in [0.25, 0.3) is 0 Å². The van der Waals surface area contributed by atoms with Crippen LogP contribution >= 0.6 is 45.2 Å². The number of aliphatic hydroxyl groups is 1. The first-order chi connectivity index (χ1) is 20.2. The lowest BCUT2D eigenvalue weighted by Gasteiger charge is -2.29. The Bertz CT molecular complexity index is 1570. The van der Waals surface area contributed by atoms with E-state index in [0.29, 0.717) is 78.6 Å². The average Bonchev–Trinajstić information content (AvgIpc) is 2.97. The minimum Gasteiger partial charge on any atom is -0.490 e. The number of ether oxygens (including phenoxy) is 1. The van der Waals surface area contributed by atoms with Crippen LogP contribution in [0.2, 0.25) is 6.04 Å². The van der Waals surface area contributed by atoms with Gasteiger partial charge in [-0.15, -0.1) is 0 Å². The van der Waals surface area contributed by atoms with Crippen molar-refractivity contribution >= 4 is 70.9 Å². The third-order valence-electron chi connectivity index (χ3n) is 6.60. The lowest BCUT2D eigenvalue weighted by molar-refractivity contribution is 0.0588. The monoisotopic (exact) mass is 818 g/mol. The predicted octanol–water partition coefficient (Wildman–Crippen LogP) is 6.65. The molecule has 0 bridgehead atoms. The molecule has 2 N–H and O–H groups in total. The van der Waals surface area contributed by atoms with Gasteiger partial charge in [0.05, 0.1) is 15.2 Å². The molecule has 0 aromatic heterocycles. The van der Waals surface area contributed by atoms with Gasteiger partial charge in [-0.2, -0.15) is 0 Å². The van der Waals surface area contributed by atoms with Crippen LogP contribution in [0.4, 0.5) is 0 Å². The summed E-state index contributed by atoms with van der Waals surface area (Å²) in [7, 11) is -2.90. The number of carboxylic acid groups (broad SMARTS) is 1. The first-order valence-corrected chi connectivity index (χ1v) is 17.7. The highest BCUT2D eigenvalue weighted by Gasteiger charge is 2.40. The van der Waals surface area contributed by atoms with Gasteiger partial charge in [-0.1, -0.05) is 18.2 Å². The van der Waals surface area contributed by atoms with E-state index in [1.807, 2.05) is 49.4 Å². The zero-order valence-corrected chi connectivity index (χ0v) is 28.8. The highest BCUT2D eigenvalue weighted by molar-refractivity contribution is 14.1. The summed E-state index contributed by atoms with van der Waals surface area (Å²) in [6, 6.07) is 13.9. The van der Waals surface area contributed by atoms with Crippen LogP contribution in [0.3, 0.4) is 0 Å². The van der Waals surface area contributed by atoms with Crippen LogP contribution in [0.15, 0.2) is 57.7 Å². The molecule has 12 heteroatoms. The summed E-state index contributed by atoms with van der Waals surface area (Å²) in [5, 5.41) is 21.4. The summed E-state index contributed by atoms with van der Waals surface area (Å²) in [6.45, 7) is 7.05. The summed E-state index contributed by atoms with van der Waals surface area (Å²) >= 11 is 4.07. The summed E-state index contributed by atoms with van der Waals surface area (Å²) < 4.78 is 31.0. The molecule has 1 unspecified atom stereocenters. The molecule has 1 aliphatic heterocycles. The highest BCUT2D eigenvalue weighted by atomic mass is 127. The lowest BCUT2D eigenvalue weighted by Crippen LogP contribution is -2.46. The maximum absolute atomic E-state index is 12.5. The molecule has 0 amide bonds. The predicted molar refractivity (Wildman–Crippen MR) is 178 cm³/mol. The Morgan fingerprint density at radius 1 is 0.929 bits per heavy atom. The van der Waals surface area contributed by atoms with Gasteiger partial charge in [-0.25, -0.2) is 4.79 Å². The van der Waals surface area contributed by atoms with Crippen molar-refractivity contribution in [3.8, 4) is 28.2 Å². The van der Waals surface area contributed by atoms with Crippen LogP contribution in [-0.2, 0) is 13.3 Å². The average molecular weight is 818 g/mol. The van der Waals surface area contributed by atoms with Crippen LogP contribution in [0.25, 0.3) is 33.4 Å². The Balaban J connectivity index is 1.71. The van der Waals surface area contributed by atoms with Crippen molar-refractivity contribution in [1.82, 2.24) is 0 Å². The molecule has 2 aromatic rings. The van der Waals surface area contributed by atoms with Crippen molar-refractivity contribution in [3.63, 3.8) is 0 Å². The number of aliphatic hydroxyl groups excluding tert-OH is 1. The molecule has 1 aliphatic carbocycles. The van der Waals surface area contributed by atoms with Crippen molar-refractivity contribution in [3.05, 3.63) is 71.5 Å². The number of hydrogen-bond acceptors (Lipinski definition) is 8. The molecule has 4 rings (SSSR count). The van der Waals surface area contributed by atoms with E-state index in [-0.39, 0.29) is 17.6 Å². The topological polar surface area (TPSA) is 125 Å². The smallest absolute Gasteiger partial charge is 0.490 e. The van der Waals surface area contributed by atoms with E-state index in [9.17, 15) is 19.8 Å². The Hall–Kier alpha value is -2.08. The highest BCUT2D eigenvalue weighted by Crippen LogP contribution is 2.45. The summed E-state index contributed by atoms with van der Waals surface area (Å²) in [4.78, 5) is 24.7. The fraction of sp³-hybridized carbons (Fsp3) is 0.333. The Labute approximate surface area is 272 Å². The summed E-state index contributed by atoms with van der Waals surface area (Å²) in [5.41, 5.74) is 2.18. The van der Waals surface area contributed by atoms with Crippen molar-refractivity contribution in [1.29, 1.82) is 0 Å². The van der Waals surface area contributed by atoms with Crippen molar-refractivity contribution in [2.24, 2.45) is 0 Å². The third kappa shape index (κ3) is 7.00. The SMILES string of the molecule is CCO[Si](CCC(O)COc1ccc2c(-c3ccccc3C(=O)O)c3ccc(=O)c(I)c-3oc2c1I)(OCC)OCC. The Morgan fingerprint density at radius 2 is 1.60 bits per heavy atom. The van der Waals surface area contributed by atoms with E-state index in [1.54, 1.807) is 36.4 Å². The van der Waals surface area contributed by atoms with Gasteiger partial charge in [0.1, 0.15) is 15.9 Å². The fourth-order valence-corrected chi connectivity index (χ4v) is 8.83. The second-order valence-electron chi connectivity index (χ2n) is 9.32. The van der Waals surface area contributed by atoms with E-state index < -0.39 is 20.9 Å². The quantitative estimate of drug-likeness (QED) is 0.0818. The maximum Gasteiger partial charge on any atom is 0.501 e. The number of fused-ring (bicyclic) bond motifs is 2. The number of rotatable bonds is 14. The molecule has 0 spiro atoms. The normalized spacial score (nSPS) is 12.6. The van der Waals surface area contributed by atoms with E-state index in [2.05, 4.69) is 22.6 Å². The first-order valence-electron chi connectivity index (χ1n) is 13.6. The molecule has 0 fully saturated rings. The Morgan fingerprint density at radius 3 is 2.24 bits per heavy atom. The third-order valence-corrected chi connectivity index (χ3v) is 11.7. The fourth-order valence-electron chi connectivity index (χ4n) is 4.82. The van der Waals surface area contributed by atoms with Crippen LogP contribution in [0.1, 0.15) is 37.6 Å². The van der Waals surface area contributed by atoms with E-state index in [1.165, 1.54) is 6.07 Å². The van der Waals surface area contributed by atoms with E-state index >= 15 is 0 Å². The minimum absolute atomic E-state index is 0.0148. The molecule has 2 aromatic carbocycles. The van der Waals surface area contributed by atoms with Gasteiger partial charge in [0, 0.05) is 42.4 Å². The van der Waals surface area contributed by atoms with Gasteiger partial charge in [-0.05, 0) is 108 Å². The van der Waals surface area contributed by atoms with Crippen LogP contribution in [-0.4, -0.2) is 57.5 Å². The molecule has 2 aliphatic rings. The van der Waals surface area contributed by atoms with Gasteiger partial charge < -0.3 is 32.6 Å². The summed E-state index contributed by atoms with van der Waals surface area (Å²) in [6.07, 6.45) is -0.438. The number of benzene rings is 3. The lowest BCUT2D eigenvalue weighted by atomic mass is 9.91. The largest absolute Gasteiger partial charge is 0.501 e. The first kappa shape index (κ1) is 32.8. The molecule has 224 valence electrons. The standard InChI is InChI=1S/C30H32I2O9Si/c1-4-38-42(39-5-2,40-6-3)16-15-18(33)17-37-24-14-12-22-25(19-9-7-8-10-20(19)30(35)36)21-11-13-23(34)26(31)28(21)41-29(22)27(24)32/h7-14,18,33H,4-6,15-17H2,1-3H3,(H,35,36). The van der Waals surface area contributed by atoms with Crippen LogP contribution in [0.5, 0.6) is 5.75 Å². The van der Waals surface area contributed by atoms with Gasteiger partial charge in [0.2, 0.25) is 0 Å². The van der Waals surface area contributed by atoms with Crippen molar-refractivity contribution in [2.75, 3.05) is 26.4 Å². The van der Waals surface area contributed by atoms with E-state index in [4.69, 9.17) is 22.4 Å². The Kier molecular flexibility index (Phi) is 11.4. The number of hydrogen-bond donors (Lipinski definition) is 2. The maximum atomic E-state index is 12.5. The van der Waals surface area contributed by atoms with E-state index in [0.717, 1.165) is 0 Å². The molecular weight excluding hydrogens is 786 g/mol. The minimum atomic E-state index is -2.90. The van der Waals surface area contributed by atoms with Crippen LogP contribution < -0.4 is 10.2 Å². The van der Waals surface area contributed by atoms with Gasteiger partial charge >= 0.3 is 14.8 Å². The number of halogens is 2. The number of carboxylic acids is 1. The zero-order chi connectivity index (χ0) is 30.4. The zero-order valence-electron chi connectivity index (χ0n) is 23.4. The molecule has 42 heavy (non-hydrogen) atoms. The molecule has 9 nitrogen and oxygen atoms in total. The summed E-state index contributed by atoms with van der Waals surface area (Å²) in [5.74, 6) is -0.208. The van der Waals surface area contributed by atoms with Gasteiger partial charge in [0.15, 0.2) is 16.8 Å². The molecule has 1 heterocycles. The number of carbonyl (C=O) groups is 1. The molecule has 0 saturated carbocycles. The second-order valence-corrected chi connectivity index (χ2v) is 14.2. The van der Waals surface area contributed by atoms with Crippen molar-refractivity contribution < 1.29 is 37.4 Å². The second kappa shape index (κ2) is 14.6. The van der Waals surface area contributed by atoms with Gasteiger partial charge in [-0.3, -0.25) is 4.79 Å². The van der Waals surface area contributed by atoms with Crippen LogP contribution in [0, 0.1) is 7.14 Å². The molecule has 0 radical (unpaired) electrons.